The van der Waals surface area contributed by atoms with Gasteiger partial charge in [0, 0.05) is 17.6 Å². The predicted octanol–water partition coefficient (Wildman–Crippen LogP) is 3.07. The number of amides is 1. The number of carbonyl (C=O) groups is 2. The molecule has 1 amide bonds. The first-order valence-electron chi connectivity index (χ1n) is 7.66. The number of nitrogens with one attached hydrogen (secondary N) is 1. The van der Waals surface area contributed by atoms with Crippen LogP contribution in [0.25, 0.3) is 0 Å². The van der Waals surface area contributed by atoms with E-state index in [1.165, 1.54) is 4.88 Å². The molecule has 2 N–H and O–H groups in total. The molecule has 0 radical (unpaired) electrons. The van der Waals surface area contributed by atoms with Crippen molar-refractivity contribution >= 4 is 23.2 Å². The van der Waals surface area contributed by atoms with Crippen molar-refractivity contribution in [2.75, 3.05) is 6.54 Å². The Morgan fingerprint density at radius 2 is 2.09 bits per heavy atom. The number of nitrogens with zero attached hydrogens (tertiary/aromatic N) is 1. The average Bonchev–Trinajstić information content (AvgIpc) is 3.14. The second-order valence-electron chi connectivity index (χ2n) is 5.98. The summed E-state index contributed by atoms with van der Waals surface area (Å²) in [6.07, 6.45) is 2.41. The molecule has 2 rings (SSSR count). The molecule has 6 heteroatoms. The fraction of sp³-hybridized carbons (Fsp3) is 0.412. The molecular formula is C17H22N2O3S. The smallest absolute Gasteiger partial charge is 0.308 e. The number of hydrogen-bond acceptors (Lipinski definition) is 3. The topological polar surface area (TPSA) is 71.3 Å². The highest BCUT2D eigenvalue weighted by molar-refractivity contribution is 7.09. The monoisotopic (exact) mass is 334 g/mol. The molecular weight excluding hydrogens is 312 g/mol. The highest BCUT2D eigenvalue weighted by Gasteiger charge is 2.20. The zero-order valence-electron chi connectivity index (χ0n) is 13.4. The molecule has 23 heavy (non-hydrogen) atoms. The van der Waals surface area contributed by atoms with Crippen LogP contribution in [0.4, 0.5) is 0 Å². The Labute approximate surface area is 139 Å². The fourth-order valence-electron chi connectivity index (χ4n) is 2.48. The second kappa shape index (κ2) is 7.97. The molecule has 0 aliphatic rings. The lowest BCUT2D eigenvalue weighted by molar-refractivity contribution is -0.142. The summed E-state index contributed by atoms with van der Waals surface area (Å²) >= 11 is 1.64. The molecule has 2 aromatic rings. The SMILES string of the molecule is CC(C)CC(CNC(=O)c1cccn1Cc1cccs1)C(=O)O. The number of carboxylic acid groups (broad SMARTS) is 1. The summed E-state index contributed by atoms with van der Waals surface area (Å²) in [5.74, 6) is -1.38. The third-order valence-corrected chi connectivity index (χ3v) is 4.44. The first-order valence-corrected chi connectivity index (χ1v) is 8.54. The minimum absolute atomic E-state index is 0.149. The number of thiophene rings is 1. The molecule has 1 unspecified atom stereocenters. The molecule has 0 aliphatic heterocycles. The molecule has 0 aromatic carbocycles. The molecule has 0 spiro atoms. The van der Waals surface area contributed by atoms with Gasteiger partial charge in [0.2, 0.25) is 0 Å². The van der Waals surface area contributed by atoms with Gasteiger partial charge in [0.05, 0.1) is 12.5 Å². The average molecular weight is 334 g/mol. The van der Waals surface area contributed by atoms with E-state index in [2.05, 4.69) is 5.32 Å². The molecule has 0 saturated carbocycles. The fourth-order valence-corrected chi connectivity index (χ4v) is 3.18. The van der Waals surface area contributed by atoms with E-state index in [1.807, 2.05) is 48.2 Å². The molecule has 0 aliphatic carbocycles. The third kappa shape index (κ3) is 4.96. The van der Waals surface area contributed by atoms with Crippen molar-refractivity contribution in [3.63, 3.8) is 0 Å². The van der Waals surface area contributed by atoms with Crippen LogP contribution in [0.5, 0.6) is 0 Å². The van der Waals surface area contributed by atoms with Gasteiger partial charge in [0.1, 0.15) is 5.69 Å². The number of carbonyl (C=O) groups excluding carboxylic acids is 1. The maximum absolute atomic E-state index is 12.3. The van der Waals surface area contributed by atoms with Crippen LogP contribution in [0.1, 0.15) is 35.6 Å². The Balaban J connectivity index is 1.98. The van der Waals surface area contributed by atoms with Crippen LogP contribution in [0.3, 0.4) is 0 Å². The van der Waals surface area contributed by atoms with Gasteiger partial charge in [-0.1, -0.05) is 19.9 Å². The Morgan fingerprint density at radius 1 is 1.30 bits per heavy atom. The van der Waals surface area contributed by atoms with Gasteiger partial charge in [-0.3, -0.25) is 9.59 Å². The first-order chi connectivity index (χ1) is 11.0. The zero-order chi connectivity index (χ0) is 16.8. The van der Waals surface area contributed by atoms with Crippen LogP contribution in [-0.4, -0.2) is 28.1 Å². The van der Waals surface area contributed by atoms with Gasteiger partial charge in [-0.25, -0.2) is 0 Å². The first kappa shape index (κ1) is 17.3. The summed E-state index contributed by atoms with van der Waals surface area (Å²) < 4.78 is 1.87. The minimum Gasteiger partial charge on any atom is -0.481 e. The van der Waals surface area contributed by atoms with Gasteiger partial charge in [0.25, 0.3) is 5.91 Å². The van der Waals surface area contributed by atoms with Crippen molar-refractivity contribution in [1.82, 2.24) is 9.88 Å². The summed E-state index contributed by atoms with van der Waals surface area (Å²) in [5, 5.41) is 14.0. The summed E-state index contributed by atoms with van der Waals surface area (Å²) in [4.78, 5) is 24.8. The maximum Gasteiger partial charge on any atom is 0.308 e. The Kier molecular flexibility index (Phi) is 5.98. The van der Waals surface area contributed by atoms with Crippen molar-refractivity contribution in [3.8, 4) is 0 Å². The number of aromatic nitrogens is 1. The van der Waals surface area contributed by atoms with E-state index in [1.54, 1.807) is 17.4 Å². The van der Waals surface area contributed by atoms with Crippen LogP contribution in [0.15, 0.2) is 35.8 Å². The van der Waals surface area contributed by atoms with Crippen molar-refractivity contribution < 1.29 is 14.7 Å². The van der Waals surface area contributed by atoms with Gasteiger partial charge in [-0.15, -0.1) is 11.3 Å². The molecule has 2 aromatic heterocycles. The summed E-state index contributed by atoms with van der Waals surface area (Å²) in [6.45, 7) is 4.74. The molecule has 1 atom stereocenters. The van der Waals surface area contributed by atoms with Crippen molar-refractivity contribution in [1.29, 1.82) is 0 Å². The normalized spacial score (nSPS) is 12.3. The van der Waals surface area contributed by atoms with Crippen LogP contribution in [0, 0.1) is 11.8 Å². The van der Waals surface area contributed by atoms with E-state index in [-0.39, 0.29) is 18.4 Å². The maximum atomic E-state index is 12.3. The third-order valence-electron chi connectivity index (χ3n) is 3.58. The van der Waals surface area contributed by atoms with Crippen LogP contribution < -0.4 is 5.32 Å². The lowest BCUT2D eigenvalue weighted by Gasteiger charge is -2.16. The van der Waals surface area contributed by atoms with Gasteiger partial charge >= 0.3 is 5.97 Å². The molecule has 124 valence electrons. The Bertz CT molecular complexity index is 647. The van der Waals surface area contributed by atoms with Gasteiger partial charge in [0.15, 0.2) is 0 Å². The number of hydrogen-bond donors (Lipinski definition) is 2. The summed E-state index contributed by atoms with van der Waals surface area (Å²) in [5.41, 5.74) is 0.548. The van der Waals surface area contributed by atoms with Gasteiger partial charge in [-0.05, 0) is 35.9 Å². The lowest BCUT2D eigenvalue weighted by Crippen LogP contribution is -2.34. The number of aliphatic carboxylic acids is 1. The second-order valence-corrected chi connectivity index (χ2v) is 7.01. The van der Waals surface area contributed by atoms with Crippen LogP contribution in [0.2, 0.25) is 0 Å². The minimum atomic E-state index is -0.868. The van der Waals surface area contributed by atoms with Gasteiger partial charge in [-0.2, -0.15) is 0 Å². The number of rotatable bonds is 8. The van der Waals surface area contributed by atoms with E-state index >= 15 is 0 Å². The molecule has 2 heterocycles. The van der Waals surface area contributed by atoms with Crippen molar-refractivity contribution in [2.45, 2.75) is 26.8 Å². The summed E-state index contributed by atoms with van der Waals surface area (Å²) in [6, 6.07) is 7.58. The molecule has 0 saturated heterocycles. The van der Waals surface area contributed by atoms with Crippen LogP contribution in [-0.2, 0) is 11.3 Å². The van der Waals surface area contributed by atoms with E-state index in [0.717, 1.165) is 0 Å². The lowest BCUT2D eigenvalue weighted by atomic mass is 9.97. The predicted molar refractivity (Wildman–Crippen MR) is 90.8 cm³/mol. The standard InChI is InChI=1S/C17H22N2O3S/c1-12(2)9-13(17(21)22)10-18-16(20)15-6-3-7-19(15)11-14-5-4-8-23-14/h3-8,12-13H,9-11H2,1-2H3,(H,18,20)(H,21,22). The Hall–Kier alpha value is -2.08. The Morgan fingerprint density at radius 3 is 2.70 bits per heavy atom. The quantitative estimate of drug-likeness (QED) is 0.779. The zero-order valence-corrected chi connectivity index (χ0v) is 14.2. The molecule has 0 bridgehead atoms. The van der Waals surface area contributed by atoms with Crippen molar-refractivity contribution in [3.05, 3.63) is 46.4 Å². The number of carboxylic acids is 1. The highest BCUT2D eigenvalue weighted by atomic mass is 32.1. The molecule has 5 nitrogen and oxygen atoms in total. The van der Waals surface area contributed by atoms with E-state index in [9.17, 15) is 14.7 Å². The van der Waals surface area contributed by atoms with E-state index in [4.69, 9.17) is 0 Å². The van der Waals surface area contributed by atoms with E-state index < -0.39 is 11.9 Å². The molecule has 0 fully saturated rings. The van der Waals surface area contributed by atoms with Crippen molar-refractivity contribution in [2.24, 2.45) is 11.8 Å². The highest BCUT2D eigenvalue weighted by Crippen LogP contribution is 2.14. The van der Waals surface area contributed by atoms with Crippen LogP contribution >= 0.6 is 11.3 Å². The summed E-state index contributed by atoms with van der Waals surface area (Å²) in [7, 11) is 0. The largest absolute Gasteiger partial charge is 0.481 e. The van der Waals surface area contributed by atoms with E-state index in [0.29, 0.717) is 18.7 Å². The van der Waals surface area contributed by atoms with Gasteiger partial charge < -0.3 is 15.0 Å².